The number of esters is 1. The quantitative estimate of drug-likeness (QED) is 0.541. The highest BCUT2D eigenvalue weighted by atomic mass is 32.1. The molecule has 0 radical (unpaired) electrons. The molecule has 2 N–H and O–H groups in total. The van der Waals surface area contributed by atoms with Crippen LogP contribution in [-0.2, 0) is 16.0 Å². The van der Waals surface area contributed by atoms with Crippen molar-refractivity contribution in [3.05, 3.63) is 63.5 Å². The summed E-state index contributed by atoms with van der Waals surface area (Å²) < 4.78 is 5.52. The lowest BCUT2D eigenvalue weighted by Gasteiger charge is -2.23. The molecule has 0 spiro atoms. The van der Waals surface area contributed by atoms with Crippen molar-refractivity contribution in [2.24, 2.45) is 0 Å². The molecule has 0 saturated heterocycles. The highest BCUT2D eigenvalue weighted by Gasteiger charge is 2.28. The van der Waals surface area contributed by atoms with Crippen LogP contribution in [0.15, 0.2) is 41.8 Å². The second-order valence-electron chi connectivity index (χ2n) is 7.77. The maximum Gasteiger partial charge on any atom is 0.339 e. The number of urea groups is 1. The number of benzene rings is 1. The average Bonchev–Trinajstić information content (AvgIpc) is 3.31. The van der Waals surface area contributed by atoms with E-state index in [1.54, 1.807) is 18.3 Å². The second-order valence-corrected chi connectivity index (χ2v) is 8.75. The summed E-state index contributed by atoms with van der Waals surface area (Å²) in [6, 6.07) is 10.9. The molecule has 170 valence electrons. The molecule has 0 aliphatic heterocycles. The molecule has 3 aromatic rings. The van der Waals surface area contributed by atoms with Gasteiger partial charge in [0.1, 0.15) is 0 Å². The number of nitrogens with zero attached hydrogens (tertiary/aromatic N) is 1. The fraction of sp³-hybridized carbons (Fsp3) is 0.280. The zero-order valence-corrected chi connectivity index (χ0v) is 19.3. The van der Waals surface area contributed by atoms with Crippen LogP contribution in [0.4, 0.5) is 4.79 Å². The van der Waals surface area contributed by atoms with Crippen molar-refractivity contribution < 1.29 is 19.1 Å². The lowest BCUT2D eigenvalue weighted by Crippen LogP contribution is -2.44. The van der Waals surface area contributed by atoms with E-state index in [0.29, 0.717) is 29.4 Å². The summed E-state index contributed by atoms with van der Waals surface area (Å²) in [5, 5.41) is 7.38. The van der Waals surface area contributed by atoms with E-state index >= 15 is 0 Å². The number of amides is 3. The fourth-order valence-electron chi connectivity index (χ4n) is 3.94. The van der Waals surface area contributed by atoms with Crippen molar-refractivity contribution in [1.82, 2.24) is 15.6 Å². The molecule has 7 nitrogen and oxygen atoms in total. The molecule has 1 atom stereocenters. The van der Waals surface area contributed by atoms with E-state index in [1.165, 1.54) is 6.92 Å². The van der Waals surface area contributed by atoms with Crippen molar-refractivity contribution in [3.8, 4) is 0 Å². The minimum Gasteiger partial charge on any atom is -0.449 e. The maximum atomic E-state index is 13.3. The zero-order chi connectivity index (χ0) is 23.4. The number of allylic oxidation sites excluding steroid dienone is 1. The Labute approximate surface area is 195 Å². The standard InChI is InChI=1S/C25H25N3O4S/c1-3-26-25(31)28-23(29)15(2)32-24(30)21-18-10-4-5-12-20(18)27-22-16(8-6-11-19(21)22)14-17-9-7-13-33-17/h4-5,7,9-10,12-15H,3,6,8,11H2,1-2H3,(H2,26,28,29,31). The Kier molecular flexibility index (Phi) is 6.84. The number of ether oxygens (including phenoxy) is 1. The van der Waals surface area contributed by atoms with Crippen LogP contribution in [0.2, 0.25) is 0 Å². The first-order chi connectivity index (χ1) is 16.0. The Morgan fingerprint density at radius 3 is 2.76 bits per heavy atom. The normalized spacial score (nSPS) is 15.0. The van der Waals surface area contributed by atoms with Crippen LogP contribution in [0, 0.1) is 0 Å². The molecule has 1 aliphatic rings. The van der Waals surface area contributed by atoms with Gasteiger partial charge in [0, 0.05) is 16.8 Å². The minimum atomic E-state index is -1.13. The number of carbonyl (C=O) groups is 3. The minimum absolute atomic E-state index is 0.379. The zero-order valence-electron chi connectivity index (χ0n) is 18.5. The topological polar surface area (TPSA) is 97.4 Å². The number of carbonyl (C=O) groups excluding carboxylic acids is 3. The number of pyridine rings is 1. The van der Waals surface area contributed by atoms with Gasteiger partial charge < -0.3 is 10.1 Å². The molecule has 1 aliphatic carbocycles. The summed E-state index contributed by atoms with van der Waals surface area (Å²) in [5.41, 5.74) is 3.86. The third kappa shape index (κ3) is 4.96. The Bertz CT molecular complexity index is 1230. The molecule has 1 unspecified atom stereocenters. The number of nitrogens with one attached hydrogen (secondary N) is 2. The number of hydrogen-bond acceptors (Lipinski definition) is 6. The summed E-state index contributed by atoms with van der Waals surface area (Å²) in [5.74, 6) is -1.28. The summed E-state index contributed by atoms with van der Waals surface area (Å²) in [4.78, 5) is 43.3. The van der Waals surface area contributed by atoms with Gasteiger partial charge in [0.15, 0.2) is 6.10 Å². The van der Waals surface area contributed by atoms with Crippen molar-refractivity contribution in [2.75, 3.05) is 6.54 Å². The van der Waals surface area contributed by atoms with Crippen molar-refractivity contribution >= 4 is 51.8 Å². The molecular formula is C25H25N3O4S. The molecule has 1 aromatic carbocycles. The van der Waals surface area contributed by atoms with E-state index in [1.807, 2.05) is 35.7 Å². The molecule has 2 heterocycles. The molecule has 0 bridgehead atoms. The van der Waals surface area contributed by atoms with E-state index < -0.39 is 24.0 Å². The van der Waals surface area contributed by atoms with E-state index in [-0.39, 0.29) is 0 Å². The van der Waals surface area contributed by atoms with Gasteiger partial charge in [0.05, 0.1) is 16.8 Å². The highest BCUT2D eigenvalue weighted by Crippen LogP contribution is 2.37. The largest absolute Gasteiger partial charge is 0.449 e. The smallest absolute Gasteiger partial charge is 0.339 e. The molecule has 33 heavy (non-hydrogen) atoms. The summed E-state index contributed by atoms with van der Waals surface area (Å²) in [6.07, 6.45) is 3.45. The monoisotopic (exact) mass is 463 g/mol. The van der Waals surface area contributed by atoms with Gasteiger partial charge in [-0.3, -0.25) is 10.1 Å². The number of imide groups is 1. The van der Waals surface area contributed by atoms with Crippen LogP contribution < -0.4 is 10.6 Å². The number of rotatable bonds is 5. The van der Waals surface area contributed by atoms with Gasteiger partial charge >= 0.3 is 12.0 Å². The van der Waals surface area contributed by atoms with Gasteiger partial charge in [-0.2, -0.15) is 0 Å². The summed E-state index contributed by atoms with van der Waals surface area (Å²) >= 11 is 1.65. The molecule has 2 aromatic heterocycles. The Hall–Kier alpha value is -3.52. The lowest BCUT2D eigenvalue weighted by molar-refractivity contribution is -0.127. The van der Waals surface area contributed by atoms with Gasteiger partial charge in [0.2, 0.25) is 0 Å². The van der Waals surface area contributed by atoms with Gasteiger partial charge in [-0.15, -0.1) is 11.3 Å². The number of fused-ring (bicyclic) bond motifs is 2. The third-order valence-electron chi connectivity index (χ3n) is 5.46. The van der Waals surface area contributed by atoms with Gasteiger partial charge in [-0.05, 0) is 67.8 Å². The Balaban J connectivity index is 1.71. The number of hydrogen-bond donors (Lipinski definition) is 2. The van der Waals surface area contributed by atoms with E-state index in [2.05, 4.69) is 22.8 Å². The van der Waals surface area contributed by atoms with Crippen molar-refractivity contribution in [1.29, 1.82) is 0 Å². The second kappa shape index (κ2) is 9.95. The molecule has 0 fully saturated rings. The van der Waals surface area contributed by atoms with E-state index in [9.17, 15) is 14.4 Å². The molecular weight excluding hydrogens is 438 g/mol. The van der Waals surface area contributed by atoms with Gasteiger partial charge in [-0.25, -0.2) is 14.6 Å². The van der Waals surface area contributed by atoms with Crippen LogP contribution >= 0.6 is 11.3 Å². The van der Waals surface area contributed by atoms with E-state index in [4.69, 9.17) is 9.72 Å². The first-order valence-corrected chi connectivity index (χ1v) is 11.8. The predicted molar refractivity (Wildman–Crippen MR) is 129 cm³/mol. The molecule has 3 amide bonds. The first-order valence-electron chi connectivity index (χ1n) is 10.9. The average molecular weight is 464 g/mol. The van der Waals surface area contributed by atoms with Crippen molar-refractivity contribution in [2.45, 2.75) is 39.2 Å². The van der Waals surface area contributed by atoms with Gasteiger partial charge in [-0.1, -0.05) is 24.3 Å². The van der Waals surface area contributed by atoms with Crippen LogP contribution in [0.1, 0.15) is 53.2 Å². The lowest BCUT2D eigenvalue weighted by atomic mass is 9.86. The van der Waals surface area contributed by atoms with Crippen LogP contribution in [0.5, 0.6) is 0 Å². The van der Waals surface area contributed by atoms with Crippen LogP contribution in [0.25, 0.3) is 22.6 Å². The molecule has 4 rings (SSSR count). The van der Waals surface area contributed by atoms with Crippen LogP contribution in [-0.4, -0.2) is 35.5 Å². The highest BCUT2D eigenvalue weighted by molar-refractivity contribution is 7.10. The number of thiophene rings is 1. The maximum absolute atomic E-state index is 13.3. The Morgan fingerprint density at radius 1 is 1.18 bits per heavy atom. The predicted octanol–water partition coefficient (Wildman–Crippen LogP) is 4.56. The molecule has 0 saturated carbocycles. The van der Waals surface area contributed by atoms with Gasteiger partial charge in [0.25, 0.3) is 5.91 Å². The third-order valence-corrected chi connectivity index (χ3v) is 6.28. The van der Waals surface area contributed by atoms with Crippen LogP contribution in [0.3, 0.4) is 0 Å². The fourth-order valence-corrected chi connectivity index (χ4v) is 4.63. The number of para-hydroxylation sites is 1. The molecule has 8 heteroatoms. The first kappa shape index (κ1) is 22.7. The summed E-state index contributed by atoms with van der Waals surface area (Å²) in [7, 11) is 0. The van der Waals surface area contributed by atoms with E-state index in [0.717, 1.165) is 34.5 Å². The summed E-state index contributed by atoms with van der Waals surface area (Å²) in [6.45, 7) is 3.57. The van der Waals surface area contributed by atoms with Crippen molar-refractivity contribution in [3.63, 3.8) is 0 Å². The number of aromatic nitrogens is 1. The Morgan fingerprint density at radius 2 is 2.00 bits per heavy atom. The SMILES string of the molecule is CCNC(=O)NC(=O)C(C)OC(=O)c1c2c(nc3ccccc13)C(=Cc1cccs1)CCC2.